The summed E-state index contributed by atoms with van der Waals surface area (Å²) in [5, 5.41) is 14.8. The maximum Gasteiger partial charge on any atom is 0.260 e. The molecule has 1 aliphatic rings. The van der Waals surface area contributed by atoms with Gasteiger partial charge in [-0.05, 0) is 49.4 Å². The van der Waals surface area contributed by atoms with Crippen LogP contribution in [-0.4, -0.2) is 46.7 Å². The number of anilines is 2. The molecule has 0 spiro atoms. The van der Waals surface area contributed by atoms with Gasteiger partial charge in [0.1, 0.15) is 21.6 Å². The number of hydrogen-bond donors (Lipinski definition) is 4. The van der Waals surface area contributed by atoms with Crippen molar-refractivity contribution in [1.29, 1.82) is 0 Å². The number of carbonyl (C=O) groups excluding carboxylic acids is 1. The largest absolute Gasteiger partial charge is 0.397 e. The molecule has 1 aliphatic heterocycles. The van der Waals surface area contributed by atoms with Gasteiger partial charge in [0.05, 0.1) is 11.4 Å². The number of thiophene rings is 1. The maximum atomic E-state index is 11.8. The monoisotopic (exact) mass is 468 g/mol. The van der Waals surface area contributed by atoms with E-state index in [0.29, 0.717) is 28.8 Å². The van der Waals surface area contributed by atoms with E-state index in [4.69, 9.17) is 16.5 Å². The summed E-state index contributed by atoms with van der Waals surface area (Å²) < 4.78 is 0. The molecule has 1 fully saturated rings. The second-order valence-electron chi connectivity index (χ2n) is 8.72. The number of aliphatic hydroxyl groups is 1. The van der Waals surface area contributed by atoms with E-state index in [9.17, 15) is 9.90 Å². The fraction of sp³-hybridized carbons (Fsp3) is 0.458. The Morgan fingerprint density at radius 1 is 1.36 bits per heavy atom. The molecule has 1 saturated heterocycles. The Bertz CT molecular complexity index is 1120. The van der Waals surface area contributed by atoms with E-state index in [0.717, 1.165) is 65.9 Å². The number of aromatic nitrogens is 2. The second kappa shape index (κ2) is 10.0. The number of primary amides is 1. The molecule has 8 nitrogen and oxygen atoms in total. The summed E-state index contributed by atoms with van der Waals surface area (Å²) in [6.07, 6.45) is 4.92. The van der Waals surface area contributed by atoms with E-state index in [-0.39, 0.29) is 0 Å². The summed E-state index contributed by atoms with van der Waals surface area (Å²) in [7, 11) is 0. The minimum Gasteiger partial charge on any atom is -0.397 e. The summed E-state index contributed by atoms with van der Waals surface area (Å²) in [6.45, 7) is 6.32. The number of piperidine rings is 1. The van der Waals surface area contributed by atoms with Crippen molar-refractivity contribution in [3.8, 4) is 0 Å². The van der Waals surface area contributed by atoms with Gasteiger partial charge in [0.2, 0.25) is 0 Å². The minimum atomic E-state index is -0.618. The van der Waals surface area contributed by atoms with Gasteiger partial charge in [0.25, 0.3) is 5.91 Å². The molecular weight excluding hydrogens is 436 g/mol. The molecule has 33 heavy (non-hydrogen) atoms. The van der Waals surface area contributed by atoms with Crippen LogP contribution >= 0.6 is 11.3 Å². The molecule has 9 heteroatoms. The summed E-state index contributed by atoms with van der Waals surface area (Å²) in [5.74, 6) is 0.417. The predicted octanol–water partition coefficient (Wildman–Crippen LogP) is 2.93. The lowest BCUT2D eigenvalue weighted by Gasteiger charge is -2.34. The molecule has 4 heterocycles. The lowest BCUT2D eigenvalue weighted by Crippen LogP contribution is -2.44. The zero-order valence-electron chi connectivity index (χ0n) is 19.2. The van der Waals surface area contributed by atoms with Crippen molar-refractivity contribution in [3.05, 3.63) is 46.1 Å². The van der Waals surface area contributed by atoms with Gasteiger partial charge in [-0.1, -0.05) is 19.4 Å². The zero-order valence-corrected chi connectivity index (χ0v) is 20.0. The molecule has 3 aromatic heterocycles. The van der Waals surface area contributed by atoms with E-state index in [1.165, 1.54) is 11.3 Å². The van der Waals surface area contributed by atoms with Crippen LogP contribution in [0.1, 0.15) is 58.8 Å². The topological polar surface area (TPSA) is 130 Å². The van der Waals surface area contributed by atoms with Crippen molar-refractivity contribution in [1.82, 2.24) is 15.3 Å². The third kappa shape index (κ3) is 5.10. The molecule has 176 valence electrons. The van der Waals surface area contributed by atoms with Crippen LogP contribution in [0.3, 0.4) is 0 Å². The summed E-state index contributed by atoms with van der Waals surface area (Å²) >= 11 is 1.28. The van der Waals surface area contributed by atoms with Crippen molar-refractivity contribution in [2.75, 3.05) is 30.3 Å². The number of aryl methyl sites for hydroxylation is 2. The van der Waals surface area contributed by atoms with Crippen LogP contribution in [0.5, 0.6) is 0 Å². The number of pyridine rings is 2. The fourth-order valence-corrected chi connectivity index (χ4v) is 5.36. The number of nitrogens with one attached hydrogen (secondary N) is 1. The standard InChI is InChI=1S/C24H32N6O2S/c1-3-4-15-11-19(29-24-20(15)21(25)22(33-24)23(26)32)30-9-7-16(8-10-30)27-13-18(31)17-6-5-14(2)12-28-17/h5-6,11-12,16,18,27,31H,3-4,7-10,13,25H2,1-2H3,(H2,26,32). The molecule has 6 N–H and O–H groups in total. The normalized spacial score (nSPS) is 15.8. The number of nitrogens with zero attached hydrogens (tertiary/aromatic N) is 3. The first-order valence-corrected chi connectivity index (χ1v) is 12.3. The van der Waals surface area contributed by atoms with Crippen molar-refractivity contribution in [3.63, 3.8) is 0 Å². The molecule has 1 unspecified atom stereocenters. The van der Waals surface area contributed by atoms with Crippen LogP contribution in [0.15, 0.2) is 24.4 Å². The highest BCUT2D eigenvalue weighted by Crippen LogP contribution is 2.37. The van der Waals surface area contributed by atoms with Crippen LogP contribution < -0.4 is 21.7 Å². The molecule has 0 saturated carbocycles. The first-order chi connectivity index (χ1) is 15.9. The van der Waals surface area contributed by atoms with Gasteiger partial charge in [-0.2, -0.15) is 0 Å². The van der Waals surface area contributed by atoms with Crippen molar-refractivity contribution < 1.29 is 9.90 Å². The van der Waals surface area contributed by atoms with Gasteiger partial charge in [-0.25, -0.2) is 4.98 Å². The lowest BCUT2D eigenvalue weighted by atomic mass is 10.0. The number of nitrogen functional groups attached to an aromatic ring is 1. The first kappa shape index (κ1) is 23.4. The second-order valence-corrected chi connectivity index (χ2v) is 9.72. The van der Waals surface area contributed by atoms with Gasteiger partial charge in [-0.15, -0.1) is 11.3 Å². The molecule has 0 radical (unpaired) electrons. The number of rotatable bonds is 8. The summed E-state index contributed by atoms with van der Waals surface area (Å²) in [5.41, 5.74) is 15.1. The third-order valence-electron chi connectivity index (χ3n) is 6.20. The molecule has 0 aliphatic carbocycles. The zero-order chi connectivity index (χ0) is 23.5. The SMILES string of the molecule is CCCc1cc(N2CCC(NCC(O)c3ccc(C)cn3)CC2)nc2sc(C(N)=O)c(N)c12. The van der Waals surface area contributed by atoms with Crippen molar-refractivity contribution in [2.45, 2.75) is 51.7 Å². The molecule has 4 rings (SSSR count). The highest BCUT2D eigenvalue weighted by molar-refractivity contribution is 7.21. The van der Waals surface area contributed by atoms with Crippen molar-refractivity contribution >= 4 is 39.0 Å². The number of fused-ring (bicyclic) bond motifs is 1. The van der Waals surface area contributed by atoms with E-state index in [2.05, 4.69) is 28.2 Å². The number of carbonyl (C=O) groups is 1. The number of amides is 1. The van der Waals surface area contributed by atoms with Gasteiger partial charge in [0, 0.05) is 37.3 Å². The van der Waals surface area contributed by atoms with Crippen LogP contribution in [-0.2, 0) is 6.42 Å². The predicted molar refractivity (Wildman–Crippen MR) is 134 cm³/mol. The lowest BCUT2D eigenvalue weighted by molar-refractivity contribution is 0.100. The van der Waals surface area contributed by atoms with Gasteiger partial charge < -0.3 is 26.8 Å². The van der Waals surface area contributed by atoms with Crippen LogP contribution in [0.25, 0.3) is 10.2 Å². The summed E-state index contributed by atoms with van der Waals surface area (Å²) in [4.78, 5) is 24.4. The van der Waals surface area contributed by atoms with Crippen LogP contribution in [0, 0.1) is 6.92 Å². The maximum absolute atomic E-state index is 11.8. The molecule has 1 atom stereocenters. The van der Waals surface area contributed by atoms with E-state index >= 15 is 0 Å². The molecular formula is C24H32N6O2S. The van der Waals surface area contributed by atoms with Crippen LogP contribution in [0.4, 0.5) is 11.5 Å². The van der Waals surface area contributed by atoms with Crippen molar-refractivity contribution in [2.24, 2.45) is 5.73 Å². The Morgan fingerprint density at radius 3 is 2.76 bits per heavy atom. The van der Waals surface area contributed by atoms with E-state index in [1.54, 1.807) is 6.20 Å². The van der Waals surface area contributed by atoms with E-state index in [1.807, 2.05) is 19.1 Å². The highest BCUT2D eigenvalue weighted by atomic mass is 32.1. The quantitative estimate of drug-likeness (QED) is 0.400. The minimum absolute atomic E-state index is 0.332. The molecule has 3 aromatic rings. The molecule has 0 aromatic carbocycles. The Labute approximate surface area is 198 Å². The van der Waals surface area contributed by atoms with Crippen LogP contribution in [0.2, 0.25) is 0 Å². The molecule has 1 amide bonds. The van der Waals surface area contributed by atoms with Gasteiger partial charge in [0.15, 0.2) is 0 Å². The summed E-state index contributed by atoms with van der Waals surface area (Å²) in [6, 6.07) is 6.29. The number of nitrogens with two attached hydrogens (primary N) is 2. The fourth-order valence-electron chi connectivity index (χ4n) is 4.37. The Kier molecular flexibility index (Phi) is 7.11. The first-order valence-electron chi connectivity index (χ1n) is 11.5. The highest BCUT2D eigenvalue weighted by Gasteiger charge is 2.24. The van der Waals surface area contributed by atoms with E-state index < -0.39 is 12.0 Å². The van der Waals surface area contributed by atoms with Gasteiger partial charge in [-0.3, -0.25) is 9.78 Å². The average molecular weight is 469 g/mol. The van der Waals surface area contributed by atoms with Gasteiger partial charge >= 0.3 is 0 Å². The third-order valence-corrected chi connectivity index (χ3v) is 7.32. The number of hydrogen-bond acceptors (Lipinski definition) is 8. The molecule has 0 bridgehead atoms. The Morgan fingerprint density at radius 2 is 2.12 bits per heavy atom. The smallest absolute Gasteiger partial charge is 0.260 e. The Balaban J connectivity index is 1.42. The average Bonchev–Trinajstić information content (AvgIpc) is 3.15. The number of aliphatic hydroxyl groups excluding tert-OH is 1. The Hall–Kier alpha value is -2.75.